The highest BCUT2D eigenvalue weighted by Gasteiger charge is 2.31. The Morgan fingerprint density at radius 1 is 1.25 bits per heavy atom. The maximum Gasteiger partial charge on any atom is 0.395 e. The lowest BCUT2D eigenvalue weighted by Gasteiger charge is -2.29. The van der Waals surface area contributed by atoms with Gasteiger partial charge >= 0.3 is 7.67 Å². The molecule has 16 heavy (non-hydrogen) atoms. The van der Waals surface area contributed by atoms with Gasteiger partial charge in [0.05, 0.1) is 0 Å². The van der Waals surface area contributed by atoms with Crippen molar-refractivity contribution in [1.82, 2.24) is 14.3 Å². The summed E-state index contributed by atoms with van der Waals surface area (Å²) in [5.74, 6) is 0.248. The molecule has 0 aliphatic heterocycles. The summed E-state index contributed by atoms with van der Waals surface area (Å²) in [6, 6.07) is 4.94. The minimum atomic E-state index is -3.06. The van der Waals surface area contributed by atoms with Gasteiger partial charge in [0.15, 0.2) is 0 Å². The molecular formula is C9H15ClN3O2P. The van der Waals surface area contributed by atoms with Gasteiger partial charge in [0.2, 0.25) is 5.88 Å². The Kier molecular flexibility index (Phi) is 4.33. The average molecular weight is 264 g/mol. The minimum absolute atomic E-state index is 0.248. The third kappa shape index (κ3) is 2.95. The van der Waals surface area contributed by atoms with Crippen LogP contribution in [0, 0.1) is 0 Å². The highest BCUT2D eigenvalue weighted by atomic mass is 35.5. The molecule has 5 nitrogen and oxygen atoms in total. The molecule has 1 rings (SSSR count). The second-order valence-electron chi connectivity index (χ2n) is 3.57. The maximum atomic E-state index is 12.4. The fraction of sp³-hybridized carbons (Fsp3) is 0.444. The highest BCUT2D eigenvalue weighted by Crippen LogP contribution is 2.49. The van der Waals surface area contributed by atoms with Crippen LogP contribution >= 0.6 is 19.3 Å². The fourth-order valence-electron chi connectivity index (χ4n) is 1.08. The van der Waals surface area contributed by atoms with Gasteiger partial charge < -0.3 is 4.52 Å². The molecule has 1 aromatic rings. The molecule has 90 valence electrons. The molecule has 7 heteroatoms. The van der Waals surface area contributed by atoms with E-state index in [0.717, 1.165) is 0 Å². The molecule has 0 saturated carbocycles. The smallest absolute Gasteiger partial charge is 0.395 e. The van der Waals surface area contributed by atoms with E-state index in [1.165, 1.54) is 9.34 Å². The molecule has 0 aliphatic rings. The van der Waals surface area contributed by atoms with Gasteiger partial charge in [-0.05, 0) is 34.3 Å². The van der Waals surface area contributed by atoms with Crippen molar-refractivity contribution in [3.63, 3.8) is 0 Å². The Bertz CT molecular complexity index is 399. The lowest BCUT2D eigenvalue weighted by molar-refractivity contribution is 0.349. The van der Waals surface area contributed by atoms with E-state index in [0.29, 0.717) is 5.15 Å². The van der Waals surface area contributed by atoms with E-state index < -0.39 is 7.67 Å². The van der Waals surface area contributed by atoms with Crippen LogP contribution in [0.4, 0.5) is 0 Å². The molecular weight excluding hydrogens is 249 g/mol. The summed E-state index contributed by atoms with van der Waals surface area (Å²) < 4.78 is 20.9. The van der Waals surface area contributed by atoms with Crippen molar-refractivity contribution < 1.29 is 9.09 Å². The summed E-state index contributed by atoms with van der Waals surface area (Å²) in [7, 11) is 3.68. The lowest BCUT2D eigenvalue weighted by Crippen LogP contribution is -2.24. The van der Waals surface area contributed by atoms with Crippen molar-refractivity contribution in [2.75, 3.05) is 28.2 Å². The van der Waals surface area contributed by atoms with Gasteiger partial charge in [-0.15, -0.1) is 0 Å². The molecule has 0 bridgehead atoms. The number of nitrogens with zero attached hydrogens (tertiary/aromatic N) is 3. The molecule has 0 aliphatic carbocycles. The quantitative estimate of drug-likeness (QED) is 0.616. The van der Waals surface area contributed by atoms with Crippen molar-refractivity contribution in [1.29, 1.82) is 0 Å². The normalized spacial score (nSPS) is 12.2. The van der Waals surface area contributed by atoms with Gasteiger partial charge in [0.25, 0.3) is 0 Å². The van der Waals surface area contributed by atoms with E-state index in [1.54, 1.807) is 46.4 Å². The predicted molar refractivity (Wildman–Crippen MR) is 64.9 cm³/mol. The van der Waals surface area contributed by atoms with Crippen LogP contribution in [0.25, 0.3) is 0 Å². The Hall–Kier alpha value is -0.610. The Labute approximate surface area is 101 Å². The first-order valence-corrected chi connectivity index (χ1v) is 6.55. The molecule has 0 radical (unpaired) electrons. The largest absolute Gasteiger partial charge is 0.403 e. The second kappa shape index (κ2) is 5.15. The Balaban J connectivity index is 2.98. The van der Waals surface area contributed by atoms with Gasteiger partial charge in [-0.25, -0.2) is 18.9 Å². The molecule has 1 aromatic heterocycles. The maximum absolute atomic E-state index is 12.4. The summed E-state index contributed by atoms with van der Waals surface area (Å²) in [6.45, 7) is 0. The van der Waals surface area contributed by atoms with Crippen molar-refractivity contribution in [2.45, 2.75) is 0 Å². The summed E-state index contributed by atoms with van der Waals surface area (Å²) in [5.41, 5.74) is 0. The van der Waals surface area contributed by atoms with E-state index in [2.05, 4.69) is 4.98 Å². The standard InChI is InChI=1S/C9H15ClN3O2P/c1-12(2)16(14,13(3)4)15-9-7-5-6-8(10)11-9/h5-7H,1-4H3. The first-order chi connectivity index (χ1) is 7.36. The van der Waals surface area contributed by atoms with Crippen molar-refractivity contribution >= 4 is 19.3 Å². The molecule has 0 fully saturated rings. The number of hydrogen-bond acceptors (Lipinski definition) is 3. The summed E-state index contributed by atoms with van der Waals surface area (Å²) >= 11 is 5.72. The van der Waals surface area contributed by atoms with E-state index in [-0.39, 0.29) is 5.88 Å². The van der Waals surface area contributed by atoms with Crippen LogP contribution in [-0.2, 0) is 4.57 Å². The molecule has 0 atom stereocenters. The summed E-state index contributed by atoms with van der Waals surface area (Å²) in [6.07, 6.45) is 0. The molecule has 0 unspecified atom stereocenters. The first kappa shape index (κ1) is 13.5. The van der Waals surface area contributed by atoms with Gasteiger partial charge in [0, 0.05) is 6.07 Å². The van der Waals surface area contributed by atoms with Crippen LogP contribution in [-0.4, -0.2) is 42.5 Å². The highest BCUT2D eigenvalue weighted by molar-refractivity contribution is 7.54. The zero-order valence-corrected chi connectivity index (χ0v) is 11.4. The lowest BCUT2D eigenvalue weighted by atomic mass is 10.5. The van der Waals surface area contributed by atoms with E-state index >= 15 is 0 Å². The number of halogens is 1. The Morgan fingerprint density at radius 2 is 1.81 bits per heavy atom. The zero-order valence-electron chi connectivity index (χ0n) is 9.72. The third-order valence-electron chi connectivity index (χ3n) is 1.91. The van der Waals surface area contributed by atoms with Crippen LogP contribution in [0.5, 0.6) is 5.88 Å². The third-order valence-corrected chi connectivity index (χ3v) is 4.57. The number of rotatable bonds is 4. The van der Waals surface area contributed by atoms with Gasteiger partial charge in [0.1, 0.15) is 5.15 Å². The molecule has 0 N–H and O–H groups in total. The minimum Gasteiger partial charge on any atom is -0.403 e. The zero-order chi connectivity index (χ0) is 12.3. The van der Waals surface area contributed by atoms with E-state index in [1.807, 2.05) is 0 Å². The predicted octanol–water partition coefficient (Wildman–Crippen LogP) is 2.35. The van der Waals surface area contributed by atoms with Gasteiger partial charge in [-0.1, -0.05) is 17.7 Å². The number of pyridine rings is 1. The van der Waals surface area contributed by atoms with E-state index in [9.17, 15) is 4.57 Å². The topological polar surface area (TPSA) is 45.7 Å². The van der Waals surface area contributed by atoms with Crippen molar-refractivity contribution in [3.05, 3.63) is 23.4 Å². The SMILES string of the molecule is CN(C)P(=O)(Oc1cccc(Cl)n1)N(C)C. The van der Waals surface area contributed by atoms with Crippen LogP contribution in [0.15, 0.2) is 18.2 Å². The molecule has 0 saturated heterocycles. The van der Waals surface area contributed by atoms with Crippen LogP contribution < -0.4 is 4.52 Å². The van der Waals surface area contributed by atoms with Crippen LogP contribution in [0.2, 0.25) is 5.15 Å². The number of aromatic nitrogens is 1. The molecule has 0 spiro atoms. The van der Waals surface area contributed by atoms with E-state index in [4.69, 9.17) is 16.1 Å². The average Bonchev–Trinajstić information content (AvgIpc) is 2.16. The first-order valence-electron chi connectivity index (χ1n) is 4.64. The van der Waals surface area contributed by atoms with Gasteiger partial charge in [-0.2, -0.15) is 0 Å². The van der Waals surface area contributed by atoms with Crippen LogP contribution in [0.3, 0.4) is 0 Å². The van der Waals surface area contributed by atoms with Crippen molar-refractivity contribution in [2.24, 2.45) is 0 Å². The summed E-state index contributed by atoms with van der Waals surface area (Å²) in [5, 5.41) is 0.307. The molecule has 0 aromatic carbocycles. The van der Waals surface area contributed by atoms with Crippen LogP contribution in [0.1, 0.15) is 0 Å². The van der Waals surface area contributed by atoms with Crippen molar-refractivity contribution in [3.8, 4) is 5.88 Å². The Morgan fingerprint density at radius 3 is 2.25 bits per heavy atom. The number of hydrogen-bond donors (Lipinski definition) is 0. The van der Waals surface area contributed by atoms with Gasteiger partial charge in [-0.3, -0.25) is 0 Å². The molecule has 1 heterocycles. The summed E-state index contributed by atoms with van der Waals surface area (Å²) in [4.78, 5) is 3.94. The fourth-order valence-corrected chi connectivity index (χ4v) is 2.63. The molecule has 0 amide bonds. The monoisotopic (exact) mass is 263 g/mol. The second-order valence-corrected chi connectivity index (χ2v) is 6.73.